The predicted molar refractivity (Wildman–Crippen MR) is 116 cm³/mol. The van der Waals surface area contributed by atoms with Gasteiger partial charge in [0.25, 0.3) is 0 Å². The number of hydrogen-bond acceptors (Lipinski definition) is 6. The van der Waals surface area contributed by atoms with Gasteiger partial charge in [0, 0.05) is 18.7 Å². The molecule has 1 aliphatic heterocycles. The fraction of sp³-hybridized carbons (Fsp3) is 0.286. The summed E-state index contributed by atoms with van der Waals surface area (Å²) in [6.07, 6.45) is -0.152. The number of carbonyl (C=O) groups is 1. The van der Waals surface area contributed by atoms with Crippen molar-refractivity contribution in [3.8, 4) is 11.4 Å². The van der Waals surface area contributed by atoms with Crippen LogP contribution in [0, 0.1) is 0 Å². The molecule has 1 aromatic heterocycles. The van der Waals surface area contributed by atoms with E-state index in [4.69, 9.17) is 27.9 Å². The highest BCUT2D eigenvalue weighted by Crippen LogP contribution is 2.29. The van der Waals surface area contributed by atoms with Crippen LogP contribution in [0.3, 0.4) is 0 Å². The zero-order valence-electron chi connectivity index (χ0n) is 16.4. The Morgan fingerprint density at radius 3 is 2.68 bits per heavy atom. The molecule has 2 heterocycles. The van der Waals surface area contributed by atoms with Gasteiger partial charge in [-0.1, -0.05) is 58.7 Å². The van der Waals surface area contributed by atoms with Gasteiger partial charge in [0.2, 0.25) is 5.91 Å². The van der Waals surface area contributed by atoms with Crippen molar-refractivity contribution in [3.63, 3.8) is 0 Å². The van der Waals surface area contributed by atoms with Crippen molar-refractivity contribution in [2.75, 3.05) is 19.7 Å². The van der Waals surface area contributed by atoms with Gasteiger partial charge in [-0.25, -0.2) is 4.79 Å². The Balaban J connectivity index is 1.44. The van der Waals surface area contributed by atoms with E-state index in [1.54, 1.807) is 36.4 Å². The molecule has 10 heteroatoms. The molecule has 162 valence electrons. The third-order valence-electron chi connectivity index (χ3n) is 4.96. The van der Waals surface area contributed by atoms with Crippen LogP contribution in [0.2, 0.25) is 10.0 Å². The fourth-order valence-corrected chi connectivity index (χ4v) is 3.77. The summed E-state index contributed by atoms with van der Waals surface area (Å²) in [7, 11) is 0. The van der Waals surface area contributed by atoms with Crippen LogP contribution in [0.4, 0.5) is 0 Å². The lowest BCUT2D eigenvalue weighted by molar-refractivity contribution is -0.122. The molecule has 2 unspecified atom stereocenters. The summed E-state index contributed by atoms with van der Waals surface area (Å²) in [6.45, 7) is 1.77. The number of hydrogen-bond donors (Lipinski definition) is 3. The van der Waals surface area contributed by atoms with Gasteiger partial charge < -0.3 is 15.4 Å². The Morgan fingerprint density at radius 1 is 1.16 bits per heavy atom. The third-order valence-corrected chi connectivity index (χ3v) is 5.70. The van der Waals surface area contributed by atoms with Crippen LogP contribution in [0.25, 0.3) is 11.4 Å². The monoisotopic (exact) mass is 462 g/mol. The first-order chi connectivity index (χ1) is 15.0. The normalized spacial score (nSPS) is 19.0. The van der Waals surface area contributed by atoms with Gasteiger partial charge in [0.05, 0.1) is 29.1 Å². The minimum absolute atomic E-state index is 0.134. The summed E-state index contributed by atoms with van der Waals surface area (Å²) in [5.41, 5.74) is 2.37. The second-order valence-corrected chi connectivity index (χ2v) is 7.97. The largest absolute Gasteiger partial charge is 0.439 e. The first-order valence-electron chi connectivity index (χ1n) is 9.71. The van der Waals surface area contributed by atoms with E-state index in [1.807, 2.05) is 6.07 Å². The minimum atomic E-state index is -0.616. The molecule has 1 aliphatic rings. The second kappa shape index (κ2) is 9.65. The summed E-state index contributed by atoms with van der Waals surface area (Å²) in [5, 5.41) is 10.9. The molecule has 2 aromatic carbocycles. The van der Waals surface area contributed by atoms with Crippen LogP contribution in [-0.4, -0.2) is 41.8 Å². The van der Waals surface area contributed by atoms with Crippen molar-refractivity contribution in [2.45, 2.75) is 18.6 Å². The summed E-state index contributed by atoms with van der Waals surface area (Å²) in [4.78, 5) is 26.3. The van der Waals surface area contributed by atoms with Crippen LogP contribution >= 0.6 is 23.2 Å². The van der Waals surface area contributed by atoms with Crippen molar-refractivity contribution >= 4 is 29.1 Å². The number of aromatic nitrogens is 2. The van der Waals surface area contributed by atoms with Gasteiger partial charge >= 0.3 is 5.76 Å². The van der Waals surface area contributed by atoms with E-state index in [1.165, 1.54) is 0 Å². The molecule has 1 amide bonds. The van der Waals surface area contributed by atoms with Crippen molar-refractivity contribution < 1.29 is 14.1 Å². The van der Waals surface area contributed by atoms with Gasteiger partial charge in [-0.05, 0) is 23.3 Å². The van der Waals surface area contributed by atoms with Gasteiger partial charge in [-0.3, -0.25) is 14.3 Å². The molecule has 1 saturated heterocycles. The highest BCUT2D eigenvalue weighted by molar-refractivity contribution is 6.42. The number of ether oxygens (including phenoxy) is 1. The van der Waals surface area contributed by atoms with Crippen LogP contribution < -0.4 is 16.4 Å². The highest BCUT2D eigenvalue weighted by atomic mass is 35.5. The van der Waals surface area contributed by atoms with Crippen LogP contribution in [0.15, 0.2) is 51.8 Å². The Labute approximate surface area is 187 Å². The zero-order chi connectivity index (χ0) is 21.8. The Hall–Kier alpha value is -2.65. The van der Waals surface area contributed by atoms with Crippen molar-refractivity contribution in [1.29, 1.82) is 0 Å². The van der Waals surface area contributed by atoms with E-state index < -0.39 is 5.76 Å². The van der Waals surface area contributed by atoms with E-state index in [0.29, 0.717) is 41.1 Å². The van der Waals surface area contributed by atoms with E-state index in [-0.39, 0.29) is 24.5 Å². The fourth-order valence-electron chi connectivity index (χ4n) is 3.46. The Bertz CT molecular complexity index is 1110. The van der Waals surface area contributed by atoms with E-state index in [9.17, 15) is 9.59 Å². The molecule has 3 N–H and O–H groups in total. The first-order valence-corrected chi connectivity index (χ1v) is 10.5. The maximum Gasteiger partial charge on any atom is 0.439 e. The van der Waals surface area contributed by atoms with Gasteiger partial charge in [0.1, 0.15) is 6.10 Å². The molecule has 0 radical (unpaired) electrons. The van der Waals surface area contributed by atoms with Gasteiger partial charge in [-0.2, -0.15) is 0 Å². The number of aromatic amines is 1. The van der Waals surface area contributed by atoms with E-state index in [0.717, 1.165) is 11.1 Å². The number of rotatable bonds is 5. The van der Waals surface area contributed by atoms with E-state index in [2.05, 4.69) is 25.3 Å². The smallest absolute Gasteiger partial charge is 0.370 e. The summed E-state index contributed by atoms with van der Waals surface area (Å²) in [6, 6.07) is 12.2. The number of benzene rings is 2. The molecule has 4 rings (SSSR count). The molecule has 1 fully saturated rings. The number of H-pyrrole nitrogens is 1. The lowest BCUT2D eigenvalue weighted by atomic mass is 10.0. The van der Waals surface area contributed by atoms with Crippen molar-refractivity contribution in [2.24, 2.45) is 0 Å². The Morgan fingerprint density at radius 2 is 1.97 bits per heavy atom. The highest BCUT2D eigenvalue weighted by Gasteiger charge is 2.28. The quantitative estimate of drug-likeness (QED) is 0.537. The summed E-state index contributed by atoms with van der Waals surface area (Å²) < 4.78 is 10.5. The van der Waals surface area contributed by atoms with Crippen molar-refractivity contribution in [1.82, 2.24) is 20.8 Å². The lowest BCUT2D eigenvalue weighted by Gasteiger charge is -2.26. The molecule has 0 spiro atoms. The molecule has 0 aliphatic carbocycles. The van der Waals surface area contributed by atoms with E-state index >= 15 is 0 Å². The number of nitrogens with zero attached hydrogens (tertiary/aromatic N) is 1. The number of amides is 1. The Kier molecular flexibility index (Phi) is 6.72. The number of halogens is 2. The zero-order valence-corrected chi connectivity index (χ0v) is 17.9. The summed E-state index contributed by atoms with van der Waals surface area (Å²) in [5.74, 6) is -0.411. The van der Waals surface area contributed by atoms with Crippen LogP contribution in [0.1, 0.15) is 17.2 Å². The summed E-state index contributed by atoms with van der Waals surface area (Å²) >= 11 is 12.2. The van der Waals surface area contributed by atoms with Crippen LogP contribution in [-0.2, 0) is 16.0 Å². The average Bonchev–Trinajstić information content (AvgIpc) is 3.06. The second-order valence-electron chi connectivity index (χ2n) is 7.16. The van der Waals surface area contributed by atoms with Crippen molar-refractivity contribution in [3.05, 3.63) is 74.2 Å². The third kappa shape index (κ3) is 5.34. The van der Waals surface area contributed by atoms with Gasteiger partial charge in [-0.15, -0.1) is 0 Å². The number of carbonyl (C=O) groups excluding carboxylic acids is 1. The molecular formula is C21H20Cl2N4O4. The molecule has 8 nitrogen and oxygen atoms in total. The molecule has 3 aromatic rings. The first kappa shape index (κ1) is 21.6. The minimum Gasteiger partial charge on any atom is -0.370 e. The standard InChI is InChI=1S/C21H20Cl2N4O4/c22-15-6-5-14(10-16(15)23)19-17(11-24-7-8-30-19)25-18(28)9-12-1-3-13(4-2-12)20-26-21(29)31-27-20/h1-6,10,17,19,24H,7-9,11H2,(H,25,28)(H,26,27,29). The topological polar surface area (TPSA) is 109 Å². The maximum absolute atomic E-state index is 12.7. The molecule has 31 heavy (non-hydrogen) atoms. The predicted octanol–water partition coefficient (Wildman–Crippen LogP) is 2.73. The number of nitrogens with one attached hydrogen (secondary N) is 3. The average molecular weight is 463 g/mol. The lowest BCUT2D eigenvalue weighted by Crippen LogP contribution is -2.45. The van der Waals surface area contributed by atoms with Gasteiger partial charge in [0.15, 0.2) is 5.82 Å². The molecule has 0 saturated carbocycles. The SMILES string of the molecule is O=C(Cc1ccc(-c2noc(=O)[nH]2)cc1)NC1CNCCOC1c1ccc(Cl)c(Cl)c1. The molecule has 2 atom stereocenters. The maximum atomic E-state index is 12.7. The van der Waals surface area contributed by atoms with Crippen LogP contribution in [0.5, 0.6) is 0 Å². The molecule has 0 bridgehead atoms. The molecular weight excluding hydrogens is 443 g/mol.